The van der Waals surface area contributed by atoms with Crippen molar-refractivity contribution in [2.45, 2.75) is 81.2 Å². The van der Waals surface area contributed by atoms with Crippen LogP contribution in [-0.4, -0.2) is 108 Å². The second kappa shape index (κ2) is 17.2. The Hall–Kier alpha value is -6.23. The summed E-state index contributed by atoms with van der Waals surface area (Å²) in [7, 11) is -2.46. The van der Waals surface area contributed by atoms with Gasteiger partial charge in [-0.25, -0.2) is 18.2 Å². The molecule has 2 heterocycles. The number of ether oxygens (including phenoxy) is 3. The van der Waals surface area contributed by atoms with Crippen molar-refractivity contribution in [1.82, 2.24) is 30.1 Å². The lowest BCUT2D eigenvalue weighted by Gasteiger charge is -2.35. The van der Waals surface area contributed by atoms with Crippen molar-refractivity contribution in [3.8, 4) is 22.8 Å². The summed E-state index contributed by atoms with van der Waals surface area (Å²) in [5, 5.41) is 5.12. The van der Waals surface area contributed by atoms with Crippen LogP contribution in [0.4, 0.5) is 4.79 Å². The summed E-state index contributed by atoms with van der Waals surface area (Å²) >= 11 is 0. The third-order valence-corrected chi connectivity index (χ3v) is 12.2. The third kappa shape index (κ3) is 9.46. The minimum Gasteiger partial charge on any atom is -0.497 e. The predicted octanol–water partition coefficient (Wildman–Crippen LogP) is 3.98. The number of aromatic nitrogens is 1. The van der Waals surface area contributed by atoms with Crippen LogP contribution in [0.3, 0.4) is 0 Å². The summed E-state index contributed by atoms with van der Waals surface area (Å²) in [4.78, 5) is 76.6. The highest BCUT2D eigenvalue weighted by atomic mass is 32.2. The molecule has 2 saturated carbocycles. The van der Waals surface area contributed by atoms with Crippen molar-refractivity contribution in [3.63, 3.8) is 0 Å². The summed E-state index contributed by atoms with van der Waals surface area (Å²) in [6.45, 7) is 15.4. The number of amides is 5. The van der Waals surface area contributed by atoms with E-state index in [0.29, 0.717) is 40.9 Å². The van der Waals surface area contributed by atoms with E-state index in [1.165, 1.54) is 19.3 Å². The smallest absolute Gasteiger partial charge is 0.409 e. The van der Waals surface area contributed by atoms with Crippen molar-refractivity contribution in [2.24, 2.45) is 5.92 Å². The zero-order valence-electron chi connectivity index (χ0n) is 34.0. The van der Waals surface area contributed by atoms with Crippen molar-refractivity contribution in [3.05, 3.63) is 92.6 Å². The van der Waals surface area contributed by atoms with Crippen LogP contribution >= 0.6 is 0 Å². The van der Waals surface area contributed by atoms with E-state index in [1.807, 2.05) is 30.3 Å². The van der Waals surface area contributed by atoms with Gasteiger partial charge in [-0.1, -0.05) is 49.1 Å². The van der Waals surface area contributed by atoms with Crippen molar-refractivity contribution >= 4 is 50.6 Å². The van der Waals surface area contributed by atoms with Gasteiger partial charge in [0.1, 0.15) is 34.8 Å². The lowest BCUT2D eigenvalue weighted by Crippen LogP contribution is -2.62. The van der Waals surface area contributed by atoms with Gasteiger partial charge in [0.25, 0.3) is 11.8 Å². The molecular weight excluding hydrogens is 793 g/mol. The second-order valence-corrected chi connectivity index (χ2v) is 17.9. The Morgan fingerprint density at radius 1 is 1.05 bits per heavy atom. The quantitative estimate of drug-likeness (QED) is 0.107. The van der Waals surface area contributed by atoms with Gasteiger partial charge in [-0.2, -0.15) is 0 Å². The first kappa shape index (κ1) is 43.4. The first-order chi connectivity index (χ1) is 28.4. The van der Waals surface area contributed by atoms with E-state index in [2.05, 4.69) is 35.1 Å². The van der Waals surface area contributed by atoms with Crippen molar-refractivity contribution in [1.29, 1.82) is 0 Å². The number of carbonyl (C=O) groups excluding carboxylic acids is 5. The summed E-state index contributed by atoms with van der Waals surface area (Å²) < 4.78 is 45.4. The van der Waals surface area contributed by atoms with E-state index in [4.69, 9.17) is 19.2 Å². The molecule has 3 N–H and O–H groups in total. The van der Waals surface area contributed by atoms with Crippen LogP contribution in [0.5, 0.6) is 11.5 Å². The Balaban J connectivity index is 1.39. The van der Waals surface area contributed by atoms with E-state index in [0.717, 1.165) is 21.4 Å². The number of methoxy groups -OCH3 is 1. The topological polar surface area (TPSA) is 203 Å². The molecule has 2 aromatic carbocycles. The summed E-state index contributed by atoms with van der Waals surface area (Å²) in [5.41, 5.74) is -0.680. The number of benzene rings is 2. The van der Waals surface area contributed by atoms with Gasteiger partial charge in [0, 0.05) is 35.9 Å². The average molecular weight is 843 g/mol. The molecule has 60 heavy (non-hydrogen) atoms. The molecule has 0 unspecified atom stereocenters. The zero-order chi connectivity index (χ0) is 43.6. The fourth-order valence-corrected chi connectivity index (χ4v) is 8.52. The minimum atomic E-state index is -3.98. The number of sulfonamides is 1. The molecule has 16 nitrogen and oxygen atoms in total. The first-order valence-corrected chi connectivity index (χ1v) is 21.0. The Bertz CT molecular complexity index is 2330. The van der Waals surface area contributed by atoms with Gasteiger partial charge in [-0.15, -0.1) is 13.2 Å². The Morgan fingerprint density at radius 3 is 2.37 bits per heavy atom. The first-order valence-electron chi connectivity index (χ1n) is 19.5. The lowest BCUT2D eigenvalue weighted by atomic mass is 10.1. The van der Waals surface area contributed by atoms with E-state index >= 15 is 0 Å². The number of rotatable bonds is 16. The Morgan fingerprint density at radius 2 is 1.77 bits per heavy atom. The monoisotopic (exact) mass is 842 g/mol. The highest BCUT2D eigenvalue weighted by molar-refractivity contribution is 7.91. The highest BCUT2D eigenvalue weighted by Crippen LogP contribution is 2.45. The second-order valence-electron chi connectivity index (χ2n) is 16.0. The SMILES string of the molecule is C=CCN(C(=O)C=C)[C@@H](NC(=O)OC(C)(C)C)C(=O)N1C[C@H](Oc2cc(-c3ccccc3)nc3ccc(OC)cc23)C[C@H]1C(=O)N[C@]1(C(=O)NS(=O)(=O)C2CC2)C[C@H]1C=C. The number of hydrogen-bond donors (Lipinski definition) is 3. The molecule has 17 heteroatoms. The zero-order valence-corrected chi connectivity index (χ0v) is 34.8. The number of nitrogens with zero attached hydrogens (tertiary/aromatic N) is 3. The van der Waals surface area contributed by atoms with Crippen LogP contribution in [0, 0.1) is 5.92 Å². The summed E-state index contributed by atoms with van der Waals surface area (Å²) in [5.74, 6) is -3.06. The van der Waals surface area contributed by atoms with Crippen LogP contribution < -0.4 is 24.8 Å². The largest absolute Gasteiger partial charge is 0.497 e. The van der Waals surface area contributed by atoms with E-state index in [9.17, 15) is 32.4 Å². The van der Waals surface area contributed by atoms with Crippen LogP contribution in [0.15, 0.2) is 92.6 Å². The van der Waals surface area contributed by atoms with E-state index in [-0.39, 0.29) is 25.9 Å². The van der Waals surface area contributed by atoms with Crippen LogP contribution in [-0.2, 0) is 33.9 Å². The van der Waals surface area contributed by atoms with E-state index in [1.54, 1.807) is 45.0 Å². The number of alkyl carbamates (subject to hydrolysis) is 1. The standard InChI is InChI=1S/C43H50N6O10S/c1-8-20-48(36(50)10-3)37(45-41(54)59-42(4,5)6)39(52)49-25-29(22-34(49)38(51)46-43(24-27(43)9-2)40(53)47-60(55,56)30-17-18-30)58-35-23-33(26-14-12-11-13-15-26)44-32-19-16-28(57-7)21-31(32)35/h8-16,19,21,23,27,29-30,34,37H,1-3,17-18,20,22,24-25H2,4-7H3,(H,45,54)(H,46,51)(H,47,53)/t27-,29-,34+,37-,43-/m1/s1. The van der Waals surface area contributed by atoms with Crippen molar-refractivity contribution in [2.75, 3.05) is 20.2 Å². The fraction of sp³-hybridized carbons (Fsp3) is 0.395. The highest BCUT2D eigenvalue weighted by Gasteiger charge is 2.62. The molecule has 3 aliphatic rings. The molecular formula is C43H50N6O10S. The molecule has 318 valence electrons. The maximum absolute atomic E-state index is 14.9. The minimum absolute atomic E-state index is 0.0612. The predicted molar refractivity (Wildman–Crippen MR) is 223 cm³/mol. The Labute approximate surface area is 349 Å². The summed E-state index contributed by atoms with van der Waals surface area (Å²) in [6.07, 6.45) is 0.899. The van der Waals surface area contributed by atoms with Crippen molar-refractivity contribution < 1.29 is 46.6 Å². The number of likely N-dealkylation sites (tertiary alicyclic amines) is 1. The molecule has 2 aliphatic carbocycles. The van der Waals surface area contributed by atoms with Crippen LogP contribution in [0.1, 0.15) is 46.5 Å². The van der Waals surface area contributed by atoms with Gasteiger partial charge in [-0.3, -0.25) is 29.2 Å². The molecule has 0 spiro atoms. The number of fused-ring (bicyclic) bond motifs is 1. The molecule has 1 aliphatic heterocycles. The molecule has 3 aromatic rings. The maximum Gasteiger partial charge on any atom is 0.409 e. The molecule has 5 amide bonds. The molecule has 0 bridgehead atoms. The van der Waals surface area contributed by atoms with Gasteiger partial charge in [0.2, 0.25) is 21.8 Å². The Kier molecular flexibility index (Phi) is 12.4. The lowest BCUT2D eigenvalue weighted by molar-refractivity contribution is -0.148. The number of nitrogens with one attached hydrogen (secondary N) is 3. The number of hydrogen-bond acceptors (Lipinski definition) is 11. The number of pyridine rings is 1. The fourth-order valence-electron chi connectivity index (χ4n) is 7.16. The average Bonchev–Trinajstić information content (AvgIpc) is 4.14. The summed E-state index contributed by atoms with van der Waals surface area (Å²) in [6, 6.07) is 15.1. The molecule has 1 saturated heterocycles. The molecule has 1 aromatic heterocycles. The van der Waals surface area contributed by atoms with Gasteiger partial charge < -0.3 is 29.3 Å². The molecule has 6 rings (SSSR count). The van der Waals surface area contributed by atoms with Crippen LogP contribution in [0.25, 0.3) is 22.2 Å². The number of carbonyl (C=O) groups is 5. The van der Waals surface area contributed by atoms with Gasteiger partial charge in [-0.05, 0) is 64.3 Å². The normalized spacial score (nSPS) is 21.5. The van der Waals surface area contributed by atoms with Gasteiger partial charge >= 0.3 is 6.09 Å². The van der Waals surface area contributed by atoms with E-state index < -0.39 is 80.4 Å². The molecule has 3 fully saturated rings. The van der Waals surface area contributed by atoms with Gasteiger partial charge in [0.15, 0.2) is 6.17 Å². The van der Waals surface area contributed by atoms with Gasteiger partial charge in [0.05, 0.1) is 30.1 Å². The van der Waals surface area contributed by atoms with Crippen LogP contribution in [0.2, 0.25) is 0 Å². The maximum atomic E-state index is 14.9. The molecule has 0 radical (unpaired) electrons. The molecule has 5 atom stereocenters. The third-order valence-electron chi connectivity index (χ3n) is 10.4.